The second-order valence-corrected chi connectivity index (χ2v) is 11.3. The molecule has 0 aromatic rings. The molecular formula is C26H42O5. The minimum Gasteiger partial charge on any atom is -0.469 e. The van der Waals surface area contributed by atoms with Gasteiger partial charge < -0.3 is 14.2 Å². The lowest BCUT2D eigenvalue weighted by molar-refractivity contribution is -0.247. The van der Waals surface area contributed by atoms with Gasteiger partial charge in [0.15, 0.2) is 0 Å². The summed E-state index contributed by atoms with van der Waals surface area (Å²) in [5, 5.41) is 0. The van der Waals surface area contributed by atoms with Gasteiger partial charge in [-0.05, 0) is 101 Å². The van der Waals surface area contributed by atoms with E-state index in [9.17, 15) is 9.59 Å². The van der Waals surface area contributed by atoms with E-state index in [-0.39, 0.29) is 35.7 Å². The highest BCUT2D eigenvalue weighted by molar-refractivity contribution is 5.73. The lowest BCUT2D eigenvalue weighted by Crippen LogP contribution is -2.53. The van der Waals surface area contributed by atoms with Gasteiger partial charge in [-0.15, -0.1) is 0 Å². The van der Waals surface area contributed by atoms with Crippen LogP contribution in [0.3, 0.4) is 0 Å². The number of carbonyl (C=O) groups excluding carboxylic acids is 2. The Hall–Kier alpha value is -1.10. The van der Waals surface area contributed by atoms with Gasteiger partial charge in [0.25, 0.3) is 0 Å². The summed E-state index contributed by atoms with van der Waals surface area (Å²) in [6.07, 6.45) is 13.2. The van der Waals surface area contributed by atoms with Crippen molar-refractivity contribution < 1.29 is 23.8 Å². The lowest BCUT2D eigenvalue weighted by Gasteiger charge is -2.56. The lowest BCUT2D eigenvalue weighted by atomic mass is 9.54. The molecule has 0 amide bonds. The zero-order valence-corrected chi connectivity index (χ0v) is 19.9. The van der Waals surface area contributed by atoms with Crippen molar-refractivity contribution in [3.63, 3.8) is 0 Å². The van der Waals surface area contributed by atoms with Gasteiger partial charge in [-0.3, -0.25) is 9.59 Å². The Kier molecular flexibility index (Phi) is 7.00. The molecule has 31 heavy (non-hydrogen) atoms. The summed E-state index contributed by atoms with van der Waals surface area (Å²) in [7, 11) is 1.41. The normalized spacial score (nSPS) is 41.3. The van der Waals surface area contributed by atoms with Gasteiger partial charge in [-0.1, -0.05) is 20.3 Å². The quantitative estimate of drug-likeness (QED) is 0.408. The number of methoxy groups -OCH3 is 1. The number of carbonyl (C=O) groups is 2. The third-order valence-electron chi connectivity index (χ3n) is 8.94. The van der Waals surface area contributed by atoms with Crippen LogP contribution in [0.25, 0.3) is 0 Å². The van der Waals surface area contributed by atoms with E-state index >= 15 is 0 Å². The summed E-state index contributed by atoms with van der Waals surface area (Å²) in [4.78, 5) is 23.0. The molecule has 0 spiro atoms. The molecule has 0 aliphatic heterocycles. The van der Waals surface area contributed by atoms with E-state index in [1.54, 1.807) is 0 Å². The van der Waals surface area contributed by atoms with Crippen molar-refractivity contribution in [1.29, 1.82) is 0 Å². The van der Waals surface area contributed by atoms with E-state index in [1.807, 2.05) is 20.8 Å². The SMILES string of the molecule is CC(OC(=O)C1CC2CCC1C2)OC12CC3CC(CC(C3)C1)C2.CCC(C)C(=O)OC. The molecule has 0 saturated heterocycles. The summed E-state index contributed by atoms with van der Waals surface area (Å²) >= 11 is 0. The van der Waals surface area contributed by atoms with E-state index in [0.717, 1.165) is 36.5 Å². The summed E-state index contributed by atoms with van der Waals surface area (Å²) in [5.41, 5.74) is 0.0309. The fourth-order valence-electron chi connectivity index (χ4n) is 7.70. The van der Waals surface area contributed by atoms with Gasteiger partial charge >= 0.3 is 11.9 Å². The van der Waals surface area contributed by atoms with Gasteiger partial charge in [0, 0.05) is 0 Å². The minimum absolute atomic E-state index is 0.0226. The number of esters is 2. The predicted molar refractivity (Wildman–Crippen MR) is 118 cm³/mol. The Morgan fingerprint density at radius 3 is 1.94 bits per heavy atom. The monoisotopic (exact) mass is 434 g/mol. The Balaban J connectivity index is 0.000000250. The zero-order valence-electron chi connectivity index (χ0n) is 19.9. The first-order chi connectivity index (χ1) is 14.8. The minimum atomic E-state index is -0.363. The third kappa shape index (κ3) is 5.12. The molecule has 0 heterocycles. The van der Waals surface area contributed by atoms with Gasteiger partial charge in [0.2, 0.25) is 6.29 Å². The molecule has 6 fully saturated rings. The van der Waals surface area contributed by atoms with Gasteiger partial charge in [-0.2, -0.15) is 0 Å². The molecule has 0 N–H and O–H groups in total. The van der Waals surface area contributed by atoms with Crippen LogP contribution in [0.1, 0.15) is 91.4 Å². The van der Waals surface area contributed by atoms with Crippen molar-refractivity contribution >= 4 is 11.9 Å². The molecule has 0 aromatic heterocycles. The average molecular weight is 435 g/mol. The molecule has 0 aromatic carbocycles. The summed E-state index contributed by atoms with van der Waals surface area (Å²) in [5.74, 6) is 4.12. The molecule has 6 bridgehead atoms. The molecule has 5 unspecified atom stereocenters. The van der Waals surface area contributed by atoms with Gasteiger partial charge in [-0.25, -0.2) is 0 Å². The maximum Gasteiger partial charge on any atom is 0.311 e. The average Bonchev–Trinajstić information content (AvgIpc) is 3.35. The molecule has 6 saturated carbocycles. The maximum atomic E-state index is 12.5. The van der Waals surface area contributed by atoms with E-state index in [2.05, 4.69) is 4.74 Å². The fourth-order valence-corrected chi connectivity index (χ4v) is 7.70. The molecule has 6 rings (SSSR count). The van der Waals surface area contributed by atoms with Crippen LogP contribution in [0.4, 0.5) is 0 Å². The number of hydrogen-bond donors (Lipinski definition) is 0. The van der Waals surface area contributed by atoms with E-state index in [4.69, 9.17) is 9.47 Å². The number of ether oxygens (including phenoxy) is 3. The van der Waals surface area contributed by atoms with E-state index in [0.29, 0.717) is 5.92 Å². The maximum absolute atomic E-state index is 12.5. The smallest absolute Gasteiger partial charge is 0.311 e. The molecule has 6 aliphatic carbocycles. The van der Waals surface area contributed by atoms with Gasteiger partial charge in [0.05, 0.1) is 24.5 Å². The molecule has 176 valence electrons. The Morgan fingerprint density at radius 2 is 1.52 bits per heavy atom. The highest BCUT2D eigenvalue weighted by atomic mass is 16.7. The molecule has 5 atom stereocenters. The van der Waals surface area contributed by atoms with Crippen LogP contribution >= 0.6 is 0 Å². The molecule has 6 aliphatic rings. The second-order valence-electron chi connectivity index (χ2n) is 11.3. The summed E-state index contributed by atoms with van der Waals surface area (Å²) in [6.45, 7) is 5.76. The second kappa shape index (κ2) is 9.41. The van der Waals surface area contributed by atoms with Gasteiger partial charge in [0.1, 0.15) is 0 Å². The molecule has 5 nitrogen and oxygen atoms in total. The van der Waals surface area contributed by atoms with Crippen LogP contribution in [-0.2, 0) is 23.8 Å². The van der Waals surface area contributed by atoms with Crippen LogP contribution in [-0.4, -0.2) is 30.9 Å². The van der Waals surface area contributed by atoms with E-state index < -0.39 is 0 Å². The van der Waals surface area contributed by atoms with Crippen LogP contribution in [0.15, 0.2) is 0 Å². The Bertz CT molecular complexity index is 623. The highest BCUT2D eigenvalue weighted by Crippen LogP contribution is 2.57. The molecular weight excluding hydrogens is 392 g/mol. The predicted octanol–water partition coefficient (Wildman–Crippen LogP) is 5.50. The first kappa shape index (κ1) is 23.1. The first-order valence-electron chi connectivity index (χ1n) is 12.8. The first-order valence-corrected chi connectivity index (χ1v) is 12.8. The Morgan fingerprint density at radius 1 is 0.903 bits per heavy atom. The topological polar surface area (TPSA) is 61.8 Å². The van der Waals surface area contributed by atoms with Crippen LogP contribution < -0.4 is 0 Å². The summed E-state index contributed by atoms with van der Waals surface area (Å²) < 4.78 is 16.6. The van der Waals surface area contributed by atoms with Crippen molar-refractivity contribution in [2.45, 2.75) is 103 Å². The standard InChI is InChI=1S/C20H30O3.C6H12O2/c1-12(22-19(21)18-8-13-2-3-17(18)7-13)23-20-9-14-4-15(10-20)6-16(5-14)11-20;1-4-5(2)6(7)8-3/h12-18H,2-11H2,1H3;5H,4H2,1-3H3. The fraction of sp³-hybridized carbons (Fsp3) is 0.923. The van der Waals surface area contributed by atoms with Crippen molar-refractivity contribution in [3.8, 4) is 0 Å². The highest BCUT2D eigenvalue weighted by Gasteiger charge is 2.53. The van der Waals surface area contributed by atoms with Crippen molar-refractivity contribution in [2.75, 3.05) is 7.11 Å². The number of hydrogen-bond acceptors (Lipinski definition) is 5. The summed E-state index contributed by atoms with van der Waals surface area (Å²) in [6, 6.07) is 0. The molecule has 5 heteroatoms. The van der Waals surface area contributed by atoms with E-state index in [1.165, 1.54) is 64.9 Å². The van der Waals surface area contributed by atoms with Crippen LogP contribution in [0.2, 0.25) is 0 Å². The zero-order chi connectivity index (χ0) is 22.2. The van der Waals surface area contributed by atoms with Crippen molar-refractivity contribution in [3.05, 3.63) is 0 Å². The molecule has 0 radical (unpaired) electrons. The largest absolute Gasteiger partial charge is 0.469 e. The number of rotatable bonds is 6. The number of fused-ring (bicyclic) bond motifs is 2. The van der Waals surface area contributed by atoms with Crippen LogP contribution in [0, 0.1) is 41.4 Å². The van der Waals surface area contributed by atoms with Crippen molar-refractivity contribution in [1.82, 2.24) is 0 Å². The van der Waals surface area contributed by atoms with Crippen LogP contribution in [0.5, 0.6) is 0 Å². The van der Waals surface area contributed by atoms with Crippen molar-refractivity contribution in [2.24, 2.45) is 41.4 Å². The Labute approximate surface area is 188 Å². The third-order valence-corrected chi connectivity index (χ3v) is 8.94.